The van der Waals surface area contributed by atoms with Crippen LogP contribution in [0.5, 0.6) is 0 Å². The van der Waals surface area contributed by atoms with Gasteiger partial charge in [-0.1, -0.05) is 18.2 Å². The number of thioether (sulfide) groups is 1. The zero-order chi connectivity index (χ0) is 4.24. The summed E-state index contributed by atoms with van der Waals surface area (Å²) in [5.74, 6) is 1.15. The second-order valence-corrected chi connectivity index (χ2v) is 2.03. The highest BCUT2D eigenvalue weighted by molar-refractivity contribution is 8.02. The Morgan fingerprint density at radius 3 is 2.29 bits per heavy atom. The Hall–Kier alpha value is -0.210. The van der Waals surface area contributed by atoms with Crippen LogP contribution in [-0.2, 0) is 0 Å². The average molecular weight is 112 g/mol. The molecule has 0 atom stereocenters. The molecule has 1 aliphatic rings. The van der Waals surface area contributed by atoms with Gasteiger partial charge >= 0.3 is 0 Å². The molecule has 0 amide bonds. The van der Waals surface area contributed by atoms with Crippen molar-refractivity contribution in [1.29, 1.82) is 0 Å². The molecule has 0 saturated carbocycles. The van der Waals surface area contributed by atoms with Gasteiger partial charge in [-0.3, -0.25) is 0 Å². The van der Waals surface area contributed by atoms with Gasteiger partial charge in [-0.15, -0.1) is 11.8 Å². The molecule has 1 heterocycles. The van der Waals surface area contributed by atoms with E-state index in [4.69, 9.17) is 0 Å². The van der Waals surface area contributed by atoms with Crippen molar-refractivity contribution >= 4 is 11.8 Å². The highest BCUT2D eigenvalue weighted by Gasteiger charge is 1.77. The summed E-state index contributed by atoms with van der Waals surface area (Å²) in [6.45, 7) is 0. The van der Waals surface area contributed by atoms with Gasteiger partial charge in [-0.25, -0.2) is 0 Å². The van der Waals surface area contributed by atoms with Crippen molar-refractivity contribution in [1.82, 2.24) is 6.15 Å². The van der Waals surface area contributed by atoms with Crippen LogP contribution in [0.25, 0.3) is 0 Å². The molecule has 1 nitrogen and oxygen atoms in total. The molecule has 1 rings (SSSR count). The topological polar surface area (TPSA) is 30.5 Å². The van der Waals surface area contributed by atoms with Crippen molar-refractivity contribution in [3.05, 3.63) is 23.6 Å². The van der Waals surface area contributed by atoms with E-state index in [1.165, 1.54) is 0 Å². The van der Waals surface area contributed by atoms with Crippen molar-refractivity contribution in [2.24, 2.45) is 0 Å². The molecule has 0 N–H and O–H groups in total. The number of hydrogen-bond acceptors (Lipinski definition) is 1. The lowest BCUT2D eigenvalue weighted by atomic mass is 10.5. The highest BCUT2D eigenvalue weighted by atomic mass is 32.2. The molecule has 0 aromatic heterocycles. The first-order valence-corrected chi connectivity index (χ1v) is 2.98. The van der Waals surface area contributed by atoms with Crippen molar-refractivity contribution in [3.63, 3.8) is 0 Å². The van der Waals surface area contributed by atoms with Gasteiger partial charge in [0.2, 0.25) is 0 Å². The second kappa shape index (κ2) is 3.96. The first kappa shape index (κ1) is 6.79. The predicted octanol–water partition coefficient (Wildman–Crippen LogP) is 1.32. The van der Waals surface area contributed by atoms with Crippen molar-refractivity contribution in [2.45, 2.75) is 0 Å². The molecule has 1 aliphatic heterocycles. The molecule has 0 unspecified atom stereocenters. The smallest absolute Gasteiger partial charge is 0.0157 e. The van der Waals surface area contributed by atoms with Gasteiger partial charge in [0.05, 0.1) is 0 Å². The summed E-state index contributed by atoms with van der Waals surface area (Å²) in [6, 6.07) is 0. The first-order chi connectivity index (χ1) is 3.00. The Morgan fingerprint density at radius 2 is 2.14 bits per heavy atom. The maximum absolute atomic E-state index is 2.14. The molecule has 0 saturated heterocycles. The Kier molecular flexibility index (Phi) is 3.84. The van der Waals surface area contributed by atoms with Crippen LogP contribution in [0.2, 0.25) is 0 Å². The summed E-state index contributed by atoms with van der Waals surface area (Å²) in [5.41, 5.74) is 0. The second-order valence-electron chi connectivity index (χ2n) is 1.09. The minimum atomic E-state index is 0. The molecular weight excluding hydrogens is 106 g/mol. The fourth-order valence-electron chi connectivity index (χ4n) is 0.346. The first-order valence-electron chi connectivity index (χ1n) is 1.93. The third-order valence-corrected chi connectivity index (χ3v) is 1.35. The molecule has 0 aliphatic carbocycles. The minimum Gasteiger partial charge on any atom is -0.130 e. The Balaban J connectivity index is 0.000000360. The van der Waals surface area contributed by atoms with E-state index in [0.717, 1.165) is 5.75 Å². The molecule has 0 bridgehead atoms. The van der Waals surface area contributed by atoms with Crippen LogP contribution in [-0.4, -0.2) is 5.75 Å². The van der Waals surface area contributed by atoms with E-state index in [9.17, 15) is 0 Å². The highest BCUT2D eigenvalue weighted by Crippen LogP contribution is 2.05. The summed E-state index contributed by atoms with van der Waals surface area (Å²) in [6.07, 6.45) is 6.26. The van der Waals surface area contributed by atoms with Crippen LogP contribution in [0, 0.1) is 0 Å². The predicted molar refractivity (Wildman–Crippen MR) is 32.9 cm³/mol. The van der Waals surface area contributed by atoms with E-state index < -0.39 is 0 Å². The fraction of sp³-hybridized carbons (Fsp3) is 0.200. The van der Waals surface area contributed by atoms with E-state index in [-0.39, 0.29) is 6.15 Å². The quantitative estimate of drug-likeness (QED) is 0.465. The van der Waals surface area contributed by atoms with E-state index in [2.05, 4.69) is 17.6 Å². The molecule has 0 spiro atoms. The van der Waals surface area contributed by atoms with Crippen LogP contribution in [0.15, 0.2) is 23.6 Å². The lowest BCUT2D eigenvalue weighted by Gasteiger charge is -1.88. The molecule has 3 radical (unpaired) electrons. The SMILES string of the molecule is C1=CCSC=C1.[N]. The van der Waals surface area contributed by atoms with Crippen molar-refractivity contribution in [3.8, 4) is 0 Å². The van der Waals surface area contributed by atoms with E-state index in [0.29, 0.717) is 0 Å². The Labute approximate surface area is 48.1 Å². The van der Waals surface area contributed by atoms with Gasteiger partial charge < -0.3 is 0 Å². The summed E-state index contributed by atoms with van der Waals surface area (Å²) in [4.78, 5) is 0. The maximum Gasteiger partial charge on any atom is 0.0157 e. The number of rotatable bonds is 0. The lowest BCUT2D eigenvalue weighted by molar-refractivity contribution is 1.74. The Morgan fingerprint density at radius 1 is 1.29 bits per heavy atom. The number of allylic oxidation sites excluding steroid dienone is 2. The van der Waals surface area contributed by atoms with Gasteiger partial charge in [0.15, 0.2) is 0 Å². The molecule has 2 heteroatoms. The van der Waals surface area contributed by atoms with Crippen LogP contribution in [0.1, 0.15) is 0 Å². The van der Waals surface area contributed by atoms with Gasteiger partial charge in [-0.2, -0.15) is 0 Å². The molecule has 0 fully saturated rings. The standard InChI is InChI=1S/C5H6S.N/c1-2-4-6-5-3-1;/h1-4H,5H2;. The van der Waals surface area contributed by atoms with E-state index >= 15 is 0 Å². The summed E-state index contributed by atoms with van der Waals surface area (Å²) < 4.78 is 0. The van der Waals surface area contributed by atoms with E-state index in [1.807, 2.05) is 17.8 Å². The monoisotopic (exact) mass is 112 g/mol. The van der Waals surface area contributed by atoms with E-state index in [1.54, 1.807) is 0 Å². The van der Waals surface area contributed by atoms with Gasteiger partial charge in [0.1, 0.15) is 0 Å². The largest absolute Gasteiger partial charge is 0.130 e. The Bertz CT molecular complexity index is 74.1. The number of hydrogen-bond donors (Lipinski definition) is 0. The van der Waals surface area contributed by atoms with Gasteiger partial charge in [0.25, 0.3) is 0 Å². The maximum atomic E-state index is 2.14. The minimum absolute atomic E-state index is 0. The lowest BCUT2D eigenvalue weighted by Crippen LogP contribution is -1.67. The van der Waals surface area contributed by atoms with Gasteiger partial charge in [-0.05, 0) is 5.41 Å². The molecule has 0 aromatic rings. The summed E-state index contributed by atoms with van der Waals surface area (Å²) >= 11 is 1.83. The molecule has 0 aromatic carbocycles. The molecule has 37 valence electrons. The van der Waals surface area contributed by atoms with Crippen molar-refractivity contribution in [2.75, 3.05) is 5.75 Å². The number of nitrogens with zero attached hydrogens (tertiary/aromatic N) is 1. The molecule has 7 heavy (non-hydrogen) atoms. The van der Waals surface area contributed by atoms with Crippen LogP contribution >= 0.6 is 11.8 Å². The summed E-state index contributed by atoms with van der Waals surface area (Å²) in [7, 11) is 0. The normalized spacial score (nSPS) is 16.0. The molecular formula is C5H6NS. The average Bonchev–Trinajstić information content (AvgIpc) is 1.72. The van der Waals surface area contributed by atoms with Crippen LogP contribution < -0.4 is 6.15 Å². The third-order valence-electron chi connectivity index (χ3n) is 0.614. The zero-order valence-electron chi connectivity index (χ0n) is 3.87. The van der Waals surface area contributed by atoms with Gasteiger partial charge in [0, 0.05) is 11.9 Å². The zero-order valence-corrected chi connectivity index (χ0v) is 4.69. The fourth-order valence-corrected chi connectivity index (χ4v) is 0.881. The van der Waals surface area contributed by atoms with Crippen LogP contribution in [0.3, 0.4) is 0 Å². The van der Waals surface area contributed by atoms with Crippen molar-refractivity contribution < 1.29 is 0 Å². The summed E-state index contributed by atoms with van der Waals surface area (Å²) in [5, 5.41) is 2.10. The third kappa shape index (κ3) is 2.48. The van der Waals surface area contributed by atoms with Crippen LogP contribution in [0.4, 0.5) is 0 Å².